The van der Waals surface area contributed by atoms with E-state index in [0.717, 1.165) is 30.7 Å². The van der Waals surface area contributed by atoms with E-state index in [0.29, 0.717) is 11.5 Å². The van der Waals surface area contributed by atoms with Gasteiger partial charge in [0.05, 0.1) is 6.20 Å². The van der Waals surface area contributed by atoms with Crippen molar-refractivity contribution in [2.45, 2.75) is 32.6 Å². The number of rotatable bonds is 1. The summed E-state index contributed by atoms with van der Waals surface area (Å²) >= 11 is 0. The molecule has 2 aromatic rings. The number of aryl methyl sites for hydroxylation is 2. The summed E-state index contributed by atoms with van der Waals surface area (Å²) < 4.78 is 1.43. The van der Waals surface area contributed by atoms with Crippen LogP contribution in [0.1, 0.15) is 35.4 Å². The molecule has 1 aliphatic carbocycles. The first-order chi connectivity index (χ1) is 9.20. The van der Waals surface area contributed by atoms with E-state index in [2.05, 4.69) is 15.1 Å². The second kappa shape index (κ2) is 4.35. The summed E-state index contributed by atoms with van der Waals surface area (Å²) in [5.74, 6) is 0.745. The second-order valence-corrected chi connectivity index (χ2v) is 4.71. The first-order valence-electron chi connectivity index (χ1n) is 6.31. The van der Waals surface area contributed by atoms with Crippen molar-refractivity contribution in [2.75, 3.05) is 5.73 Å². The third-order valence-corrected chi connectivity index (χ3v) is 3.49. The Morgan fingerprint density at radius 1 is 1.32 bits per heavy atom. The Labute approximate surface area is 110 Å². The number of anilines is 1. The van der Waals surface area contributed by atoms with Crippen LogP contribution in [0.5, 0.6) is 0 Å². The number of fused-ring (bicyclic) bond motifs is 1. The molecule has 6 nitrogen and oxygen atoms in total. The maximum Gasteiger partial charge on any atom is 0.252 e. The van der Waals surface area contributed by atoms with Gasteiger partial charge in [0, 0.05) is 11.4 Å². The zero-order valence-corrected chi connectivity index (χ0v) is 10.7. The highest BCUT2D eigenvalue weighted by Gasteiger charge is 2.18. The number of nitrogens with two attached hydrogens (primary N) is 1. The number of nitrogens with zero attached hydrogens (tertiary/aromatic N) is 5. The molecule has 19 heavy (non-hydrogen) atoms. The van der Waals surface area contributed by atoms with Gasteiger partial charge < -0.3 is 5.73 Å². The molecule has 0 unspecified atom stereocenters. The summed E-state index contributed by atoms with van der Waals surface area (Å²) in [5, 5.41) is 13.0. The maximum absolute atomic E-state index is 8.90. The average molecular weight is 254 g/mol. The second-order valence-electron chi connectivity index (χ2n) is 4.71. The van der Waals surface area contributed by atoms with Crippen molar-refractivity contribution < 1.29 is 0 Å². The molecule has 0 aliphatic heterocycles. The third kappa shape index (κ3) is 1.83. The maximum atomic E-state index is 8.90. The van der Waals surface area contributed by atoms with Crippen LogP contribution in [0.4, 0.5) is 5.82 Å². The van der Waals surface area contributed by atoms with Crippen LogP contribution in [0.2, 0.25) is 0 Å². The summed E-state index contributed by atoms with van der Waals surface area (Å²) in [6.45, 7) is 1.99. The largest absolute Gasteiger partial charge is 0.382 e. The van der Waals surface area contributed by atoms with Crippen LogP contribution in [0.3, 0.4) is 0 Å². The molecule has 0 atom stereocenters. The fourth-order valence-corrected chi connectivity index (χ4v) is 2.46. The van der Waals surface area contributed by atoms with Crippen molar-refractivity contribution in [1.29, 1.82) is 5.26 Å². The van der Waals surface area contributed by atoms with Crippen molar-refractivity contribution in [2.24, 2.45) is 0 Å². The molecule has 0 bridgehead atoms. The highest BCUT2D eigenvalue weighted by molar-refractivity contribution is 5.50. The summed E-state index contributed by atoms with van der Waals surface area (Å²) in [5.41, 5.74) is 9.53. The van der Waals surface area contributed by atoms with Gasteiger partial charge in [-0.15, -0.1) is 0 Å². The van der Waals surface area contributed by atoms with Gasteiger partial charge in [0.15, 0.2) is 0 Å². The van der Waals surface area contributed by atoms with Crippen LogP contribution in [0, 0.1) is 18.3 Å². The summed E-state index contributed by atoms with van der Waals surface area (Å²) in [7, 11) is 0. The van der Waals surface area contributed by atoms with E-state index >= 15 is 0 Å². The molecular weight excluding hydrogens is 240 g/mol. The van der Waals surface area contributed by atoms with Crippen molar-refractivity contribution in [3.05, 3.63) is 28.7 Å². The van der Waals surface area contributed by atoms with Crippen LogP contribution in [0.15, 0.2) is 6.20 Å². The number of nitriles is 1. The standard InChI is InChI=1S/C13H14N6/c1-8-10-4-2-3-5-11(10)18-13(17-8)19-12(15)9(6-14)7-16-19/h7H,2-5,15H2,1H3. The van der Waals surface area contributed by atoms with Gasteiger partial charge in [0.25, 0.3) is 5.95 Å². The van der Waals surface area contributed by atoms with Crippen molar-refractivity contribution in [3.63, 3.8) is 0 Å². The fourth-order valence-electron chi connectivity index (χ4n) is 2.46. The lowest BCUT2D eigenvalue weighted by molar-refractivity contribution is 0.647. The Morgan fingerprint density at radius 3 is 2.84 bits per heavy atom. The van der Waals surface area contributed by atoms with E-state index in [1.165, 1.54) is 22.9 Å². The molecule has 0 fully saturated rings. The minimum atomic E-state index is 0.289. The van der Waals surface area contributed by atoms with Crippen LogP contribution >= 0.6 is 0 Å². The zero-order valence-electron chi connectivity index (χ0n) is 10.7. The quantitative estimate of drug-likeness (QED) is 0.827. The number of nitrogen functional groups attached to an aromatic ring is 1. The summed E-state index contributed by atoms with van der Waals surface area (Å²) in [6, 6.07) is 2.00. The van der Waals surface area contributed by atoms with Gasteiger partial charge in [-0.1, -0.05) is 0 Å². The minimum Gasteiger partial charge on any atom is -0.382 e. The minimum absolute atomic E-state index is 0.289. The Bertz CT molecular complexity index is 679. The monoisotopic (exact) mass is 254 g/mol. The van der Waals surface area contributed by atoms with Gasteiger partial charge >= 0.3 is 0 Å². The first kappa shape index (κ1) is 11.7. The molecule has 0 radical (unpaired) electrons. The van der Waals surface area contributed by atoms with Gasteiger partial charge in [0.1, 0.15) is 17.5 Å². The zero-order chi connectivity index (χ0) is 13.4. The molecule has 6 heteroatoms. The predicted molar refractivity (Wildman–Crippen MR) is 69.7 cm³/mol. The molecular formula is C13H14N6. The molecule has 2 heterocycles. The number of hydrogen-bond donors (Lipinski definition) is 1. The van der Waals surface area contributed by atoms with Crippen molar-refractivity contribution in [1.82, 2.24) is 19.7 Å². The van der Waals surface area contributed by atoms with Crippen LogP contribution in [-0.4, -0.2) is 19.7 Å². The molecule has 1 aliphatic rings. The predicted octanol–water partition coefficient (Wildman–Crippen LogP) is 1.30. The van der Waals surface area contributed by atoms with Crippen molar-refractivity contribution >= 4 is 5.82 Å². The number of aromatic nitrogens is 4. The summed E-state index contributed by atoms with van der Waals surface area (Å²) in [6.07, 6.45) is 5.80. The smallest absolute Gasteiger partial charge is 0.252 e. The van der Waals surface area contributed by atoms with Crippen LogP contribution in [-0.2, 0) is 12.8 Å². The van der Waals surface area contributed by atoms with E-state index in [1.54, 1.807) is 0 Å². The van der Waals surface area contributed by atoms with Crippen LogP contribution < -0.4 is 5.73 Å². The third-order valence-electron chi connectivity index (χ3n) is 3.49. The molecule has 0 saturated heterocycles. The van der Waals surface area contributed by atoms with E-state index in [9.17, 15) is 0 Å². The summed E-state index contributed by atoms with van der Waals surface area (Å²) in [4.78, 5) is 9.02. The van der Waals surface area contributed by atoms with E-state index in [1.807, 2.05) is 13.0 Å². The molecule has 0 spiro atoms. The molecule has 3 rings (SSSR count). The molecule has 2 aromatic heterocycles. The Hall–Kier alpha value is -2.42. The van der Waals surface area contributed by atoms with Gasteiger partial charge in [-0.05, 0) is 38.2 Å². The Balaban J connectivity index is 2.13. The highest BCUT2D eigenvalue weighted by atomic mass is 15.4. The van der Waals surface area contributed by atoms with Gasteiger partial charge in [0.2, 0.25) is 0 Å². The SMILES string of the molecule is Cc1nc(-n2ncc(C#N)c2N)nc2c1CCCC2. The lowest BCUT2D eigenvalue weighted by Gasteiger charge is -2.17. The fraction of sp³-hybridized carbons (Fsp3) is 0.385. The Kier molecular flexibility index (Phi) is 2.67. The normalized spacial score (nSPS) is 13.9. The molecule has 96 valence electrons. The lowest BCUT2D eigenvalue weighted by atomic mass is 9.95. The van der Waals surface area contributed by atoms with Gasteiger partial charge in [-0.25, -0.2) is 9.97 Å². The Morgan fingerprint density at radius 2 is 2.11 bits per heavy atom. The first-order valence-corrected chi connectivity index (χ1v) is 6.31. The van der Waals surface area contributed by atoms with E-state index in [-0.39, 0.29) is 5.82 Å². The van der Waals surface area contributed by atoms with Crippen LogP contribution in [0.25, 0.3) is 5.95 Å². The van der Waals surface area contributed by atoms with Gasteiger partial charge in [-0.3, -0.25) is 0 Å². The molecule has 2 N–H and O–H groups in total. The molecule has 0 amide bonds. The topological polar surface area (TPSA) is 93.4 Å². The van der Waals surface area contributed by atoms with Crippen molar-refractivity contribution in [3.8, 4) is 12.0 Å². The highest BCUT2D eigenvalue weighted by Crippen LogP contribution is 2.23. The molecule has 0 aromatic carbocycles. The average Bonchev–Trinajstić information content (AvgIpc) is 2.80. The van der Waals surface area contributed by atoms with E-state index < -0.39 is 0 Å². The lowest BCUT2D eigenvalue weighted by Crippen LogP contribution is -2.15. The van der Waals surface area contributed by atoms with Gasteiger partial charge in [-0.2, -0.15) is 15.0 Å². The molecule has 0 saturated carbocycles. The van der Waals surface area contributed by atoms with E-state index in [4.69, 9.17) is 11.0 Å². The number of hydrogen-bond acceptors (Lipinski definition) is 5.